The van der Waals surface area contributed by atoms with E-state index in [-0.39, 0.29) is 13.2 Å². The third-order valence-corrected chi connectivity index (χ3v) is 8.11. The summed E-state index contributed by atoms with van der Waals surface area (Å²) in [6, 6.07) is 0. The van der Waals surface area contributed by atoms with Crippen molar-refractivity contribution in [2.24, 2.45) is 0 Å². The minimum absolute atomic E-state index is 0.125. The van der Waals surface area contributed by atoms with Crippen molar-refractivity contribution in [2.45, 2.75) is 166 Å². The van der Waals surface area contributed by atoms with E-state index in [9.17, 15) is 25.2 Å². The lowest BCUT2D eigenvalue weighted by atomic mass is 9.99. The van der Waals surface area contributed by atoms with Gasteiger partial charge in [-0.1, -0.05) is 114 Å². The SMILES string of the molecule is CCCCCCC/C=C\C/C=C\C/C=C\CCCCCCCCCCCOCC(COC1OC(CO)C(O)C(O)C1O)OC(C)=O. The quantitative estimate of drug-likeness (QED) is 0.0407. The Morgan fingerprint density at radius 3 is 1.76 bits per heavy atom. The molecule has 9 heteroatoms. The lowest BCUT2D eigenvalue weighted by Gasteiger charge is -2.39. The molecule has 1 saturated heterocycles. The number of rotatable bonds is 29. The van der Waals surface area contributed by atoms with E-state index in [1.165, 1.54) is 96.8 Å². The second-order valence-electron chi connectivity index (χ2n) is 12.4. The molecule has 0 aromatic rings. The molecule has 4 N–H and O–H groups in total. The van der Waals surface area contributed by atoms with Gasteiger partial charge in [0, 0.05) is 13.5 Å². The largest absolute Gasteiger partial charge is 0.458 e. The number of esters is 1. The Bertz CT molecular complexity index is 798. The zero-order chi connectivity index (χ0) is 33.7. The van der Waals surface area contributed by atoms with E-state index in [4.69, 9.17) is 18.9 Å². The Morgan fingerprint density at radius 2 is 1.22 bits per heavy atom. The molecule has 268 valence electrons. The molecule has 0 saturated carbocycles. The smallest absolute Gasteiger partial charge is 0.303 e. The fourth-order valence-electron chi connectivity index (χ4n) is 5.32. The minimum Gasteiger partial charge on any atom is -0.458 e. The summed E-state index contributed by atoms with van der Waals surface area (Å²) in [5.41, 5.74) is 0. The van der Waals surface area contributed by atoms with E-state index >= 15 is 0 Å². The Hall–Kier alpha value is -1.59. The summed E-state index contributed by atoms with van der Waals surface area (Å²) in [4.78, 5) is 11.5. The van der Waals surface area contributed by atoms with E-state index in [2.05, 4.69) is 43.4 Å². The van der Waals surface area contributed by atoms with E-state index in [1.807, 2.05) is 0 Å². The van der Waals surface area contributed by atoms with Crippen LogP contribution in [-0.4, -0.2) is 89.6 Å². The van der Waals surface area contributed by atoms with Crippen molar-refractivity contribution >= 4 is 5.97 Å². The van der Waals surface area contributed by atoms with Crippen LogP contribution in [0.15, 0.2) is 36.5 Å². The summed E-state index contributed by atoms with van der Waals surface area (Å²) in [7, 11) is 0. The van der Waals surface area contributed by atoms with Crippen molar-refractivity contribution in [3.63, 3.8) is 0 Å². The summed E-state index contributed by atoms with van der Waals surface area (Å²) < 4.78 is 21.8. The zero-order valence-electron chi connectivity index (χ0n) is 28.8. The summed E-state index contributed by atoms with van der Waals surface area (Å²) in [6.07, 6.45) is 28.2. The van der Waals surface area contributed by atoms with Crippen LogP contribution in [0.1, 0.15) is 129 Å². The molecule has 1 aliphatic heterocycles. The molecule has 1 heterocycles. The van der Waals surface area contributed by atoms with Crippen LogP contribution in [0, 0.1) is 0 Å². The predicted octanol–water partition coefficient (Wildman–Crippen LogP) is 6.46. The van der Waals surface area contributed by atoms with Crippen molar-refractivity contribution in [3.8, 4) is 0 Å². The molecule has 9 nitrogen and oxygen atoms in total. The molecule has 0 aliphatic carbocycles. The highest BCUT2D eigenvalue weighted by atomic mass is 16.7. The lowest BCUT2D eigenvalue weighted by Crippen LogP contribution is -2.59. The molecule has 46 heavy (non-hydrogen) atoms. The van der Waals surface area contributed by atoms with Crippen LogP contribution in [-0.2, 0) is 23.7 Å². The van der Waals surface area contributed by atoms with Crippen LogP contribution in [0.25, 0.3) is 0 Å². The number of hydrogen-bond donors (Lipinski definition) is 4. The summed E-state index contributed by atoms with van der Waals surface area (Å²) in [5, 5.41) is 39.2. The third-order valence-electron chi connectivity index (χ3n) is 8.11. The molecule has 1 fully saturated rings. The van der Waals surface area contributed by atoms with Gasteiger partial charge in [-0.25, -0.2) is 0 Å². The van der Waals surface area contributed by atoms with Gasteiger partial charge in [-0.3, -0.25) is 4.79 Å². The molecule has 0 aromatic heterocycles. The first-order valence-corrected chi connectivity index (χ1v) is 18.0. The van der Waals surface area contributed by atoms with Crippen molar-refractivity contribution < 1.29 is 44.2 Å². The summed E-state index contributed by atoms with van der Waals surface area (Å²) in [5.74, 6) is -0.493. The van der Waals surface area contributed by atoms with Crippen LogP contribution in [0.5, 0.6) is 0 Å². The molecular weight excluding hydrogens is 588 g/mol. The molecule has 6 atom stereocenters. The average Bonchev–Trinajstić information content (AvgIpc) is 3.04. The molecular formula is C37H66O9. The standard InChI is InChI=1S/C37H66O9/c1-3-4-5-6-7-8-9-10-11-12-13-14-15-16-17-18-19-20-21-22-23-24-25-26-27-43-29-32(45-31(2)39)30-44-37-36(42)35(41)34(40)33(28-38)46-37/h9-10,12-13,15-16,32-38,40-42H,3-8,11,14,17-30H2,1-2H3/b10-9-,13-12-,16-15-. The normalized spacial score (nSPS) is 22.8. The monoisotopic (exact) mass is 654 g/mol. The molecule has 0 bridgehead atoms. The van der Waals surface area contributed by atoms with Crippen molar-refractivity contribution in [2.75, 3.05) is 26.4 Å². The van der Waals surface area contributed by atoms with E-state index < -0.39 is 49.4 Å². The van der Waals surface area contributed by atoms with Crippen LogP contribution in [0.4, 0.5) is 0 Å². The van der Waals surface area contributed by atoms with Crippen LogP contribution >= 0.6 is 0 Å². The maximum Gasteiger partial charge on any atom is 0.303 e. The Morgan fingerprint density at radius 1 is 0.696 bits per heavy atom. The maximum absolute atomic E-state index is 11.5. The van der Waals surface area contributed by atoms with Gasteiger partial charge in [0.25, 0.3) is 0 Å². The van der Waals surface area contributed by atoms with E-state index in [0.29, 0.717) is 6.61 Å². The molecule has 1 aliphatic rings. The number of aliphatic hydroxyl groups excluding tert-OH is 4. The van der Waals surface area contributed by atoms with Crippen LogP contribution in [0.2, 0.25) is 0 Å². The molecule has 1 rings (SSSR count). The molecule has 0 spiro atoms. The number of hydrogen-bond acceptors (Lipinski definition) is 9. The number of carbonyl (C=O) groups is 1. The second-order valence-corrected chi connectivity index (χ2v) is 12.4. The molecule has 0 radical (unpaired) electrons. The summed E-state index contributed by atoms with van der Waals surface area (Å²) in [6.45, 7) is 3.53. The first-order valence-electron chi connectivity index (χ1n) is 18.0. The number of ether oxygens (including phenoxy) is 4. The van der Waals surface area contributed by atoms with Crippen molar-refractivity contribution in [1.29, 1.82) is 0 Å². The van der Waals surface area contributed by atoms with Gasteiger partial charge in [-0.2, -0.15) is 0 Å². The first-order chi connectivity index (χ1) is 22.4. The maximum atomic E-state index is 11.5. The number of aliphatic hydroxyl groups is 4. The van der Waals surface area contributed by atoms with Gasteiger partial charge in [0.05, 0.1) is 19.8 Å². The van der Waals surface area contributed by atoms with Crippen molar-refractivity contribution in [1.82, 2.24) is 0 Å². The minimum atomic E-state index is -1.53. The Kier molecular flexibility index (Phi) is 27.3. The molecule has 0 amide bonds. The fourth-order valence-corrected chi connectivity index (χ4v) is 5.32. The topological polar surface area (TPSA) is 135 Å². The molecule has 0 aromatic carbocycles. The highest BCUT2D eigenvalue weighted by Gasteiger charge is 2.44. The van der Waals surface area contributed by atoms with Crippen LogP contribution < -0.4 is 0 Å². The number of unbranched alkanes of at least 4 members (excludes halogenated alkanes) is 14. The Balaban J connectivity index is 1.97. The number of allylic oxidation sites excluding steroid dienone is 6. The fraction of sp³-hybridized carbons (Fsp3) is 0.811. The van der Waals surface area contributed by atoms with Crippen molar-refractivity contribution in [3.05, 3.63) is 36.5 Å². The van der Waals surface area contributed by atoms with E-state index in [0.717, 1.165) is 25.7 Å². The highest BCUT2D eigenvalue weighted by molar-refractivity contribution is 5.66. The first kappa shape index (κ1) is 42.4. The van der Waals surface area contributed by atoms with Gasteiger partial charge in [0.15, 0.2) is 6.29 Å². The second kappa shape index (κ2) is 29.5. The highest BCUT2D eigenvalue weighted by Crippen LogP contribution is 2.22. The zero-order valence-corrected chi connectivity index (χ0v) is 28.8. The van der Waals surface area contributed by atoms with Gasteiger partial charge in [-0.05, 0) is 44.9 Å². The van der Waals surface area contributed by atoms with Gasteiger partial charge < -0.3 is 39.4 Å². The molecule has 6 unspecified atom stereocenters. The van der Waals surface area contributed by atoms with E-state index in [1.54, 1.807) is 0 Å². The third kappa shape index (κ3) is 22.1. The summed E-state index contributed by atoms with van der Waals surface area (Å²) >= 11 is 0. The predicted molar refractivity (Wildman–Crippen MR) is 182 cm³/mol. The average molecular weight is 655 g/mol. The number of carbonyl (C=O) groups excluding carboxylic acids is 1. The van der Waals surface area contributed by atoms with Crippen LogP contribution in [0.3, 0.4) is 0 Å². The van der Waals surface area contributed by atoms with Gasteiger partial charge in [0.1, 0.15) is 30.5 Å². The Labute approximate surface area is 279 Å². The van der Waals surface area contributed by atoms with Gasteiger partial charge in [-0.15, -0.1) is 0 Å². The van der Waals surface area contributed by atoms with Gasteiger partial charge >= 0.3 is 5.97 Å². The van der Waals surface area contributed by atoms with Gasteiger partial charge in [0.2, 0.25) is 0 Å². The lowest BCUT2D eigenvalue weighted by molar-refractivity contribution is -0.305.